The van der Waals surface area contributed by atoms with Gasteiger partial charge in [-0.2, -0.15) is 0 Å². The average molecular weight is 604 g/mol. The number of benzene rings is 4. The lowest BCUT2D eigenvalue weighted by atomic mass is 10.0. The maximum Gasteiger partial charge on any atom is 0.259 e. The number of rotatable bonds is 5. The zero-order valence-electron chi connectivity index (χ0n) is 25.1. The first kappa shape index (κ1) is 27.7. The molecule has 2 saturated heterocycles. The van der Waals surface area contributed by atoms with E-state index in [1.165, 1.54) is 12.8 Å². The molecular formula is C35H33N5O5. The second kappa shape index (κ2) is 10.7. The van der Waals surface area contributed by atoms with Gasteiger partial charge in [-0.05, 0) is 57.2 Å². The molecule has 1 N–H and O–H groups in total. The van der Waals surface area contributed by atoms with E-state index in [9.17, 15) is 19.2 Å². The number of piperazine rings is 1. The van der Waals surface area contributed by atoms with E-state index in [4.69, 9.17) is 4.42 Å². The van der Waals surface area contributed by atoms with Gasteiger partial charge in [0, 0.05) is 67.0 Å². The molecule has 0 radical (unpaired) electrons. The number of fused-ring (bicyclic) bond motifs is 4. The van der Waals surface area contributed by atoms with Gasteiger partial charge in [-0.1, -0.05) is 24.3 Å². The average Bonchev–Trinajstić information content (AvgIpc) is 3.58. The number of carbonyl (C=O) groups is 1. The zero-order valence-corrected chi connectivity index (χ0v) is 25.1. The number of pyridine rings is 1. The van der Waals surface area contributed by atoms with Gasteiger partial charge in [-0.15, -0.1) is 0 Å². The molecule has 2 aromatic heterocycles. The predicted octanol–water partition coefficient (Wildman–Crippen LogP) is 3.56. The molecule has 2 fully saturated rings. The highest BCUT2D eigenvalue weighted by Gasteiger charge is 2.26. The van der Waals surface area contributed by atoms with Crippen LogP contribution >= 0.6 is 0 Å². The van der Waals surface area contributed by atoms with Crippen LogP contribution < -0.4 is 21.6 Å². The maximum atomic E-state index is 13.9. The number of nitrogens with zero attached hydrogens (tertiary/aromatic N) is 4. The van der Waals surface area contributed by atoms with Gasteiger partial charge in [0.25, 0.3) is 5.91 Å². The van der Waals surface area contributed by atoms with Crippen LogP contribution in [0.15, 0.2) is 73.5 Å². The smallest absolute Gasteiger partial charge is 0.259 e. The van der Waals surface area contributed by atoms with Crippen LogP contribution in [0.4, 0.5) is 5.69 Å². The third kappa shape index (κ3) is 4.47. The number of anilines is 1. The third-order valence-electron chi connectivity index (χ3n) is 9.56. The van der Waals surface area contributed by atoms with Gasteiger partial charge in [0.2, 0.25) is 5.43 Å². The lowest BCUT2D eigenvalue weighted by Crippen LogP contribution is -2.48. The summed E-state index contributed by atoms with van der Waals surface area (Å²) in [5.74, 6) is -0.320. The van der Waals surface area contributed by atoms with Crippen molar-refractivity contribution in [1.82, 2.24) is 19.1 Å². The molecular weight excluding hydrogens is 570 g/mol. The molecule has 0 aliphatic carbocycles. The first-order chi connectivity index (χ1) is 21.9. The van der Waals surface area contributed by atoms with E-state index in [0.717, 1.165) is 32.7 Å². The van der Waals surface area contributed by atoms with Crippen molar-refractivity contribution in [2.24, 2.45) is 0 Å². The van der Waals surface area contributed by atoms with Crippen LogP contribution in [0.3, 0.4) is 0 Å². The summed E-state index contributed by atoms with van der Waals surface area (Å²) < 4.78 is 8.31. The normalized spacial score (nSPS) is 16.6. The Balaban J connectivity index is 1.38. The zero-order chi connectivity index (χ0) is 30.8. The summed E-state index contributed by atoms with van der Waals surface area (Å²) in [6.07, 6.45) is 4.00. The fourth-order valence-corrected chi connectivity index (χ4v) is 7.00. The van der Waals surface area contributed by atoms with E-state index in [1.54, 1.807) is 58.0 Å². The van der Waals surface area contributed by atoms with Crippen LogP contribution in [0.1, 0.15) is 23.2 Å². The Labute approximate surface area is 257 Å². The molecule has 0 atom stereocenters. The van der Waals surface area contributed by atoms with Crippen molar-refractivity contribution < 1.29 is 9.21 Å². The van der Waals surface area contributed by atoms with E-state index in [0.29, 0.717) is 63.7 Å². The Morgan fingerprint density at radius 3 is 2.20 bits per heavy atom. The minimum absolute atomic E-state index is 0.0612. The Morgan fingerprint density at radius 1 is 0.800 bits per heavy atom. The fourth-order valence-electron chi connectivity index (χ4n) is 7.00. The molecule has 45 heavy (non-hydrogen) atoms. The van der Waals surface area contributed by atoms with Gasteiger partial charge in [0.05, 0.1) is 16.6 Å². The Hall–Kier alpha value is -4.80. The summed E-state index contributed by atoms with van der Waals surface area (Å²) in [7, 11) is 2.01. The predicted molar refractivity (Wildman–Crippen MR) is 177 cm³/mol. The van der Waals surface area contributed by atoms with Gasteiger partial charge >= 0.3 is 0 Å². The maximum absolute atomic E-state index is 13.9. The summed E-state index contributed by atoms with van der Waals surface area (Å²) in [5, 5.41) is 5.10. The van der Waals surface area contributed by atoms with Crippen LogP contribution in [0.2, 0.25) is 0 Å². The summed E-state index contributed by atoms with van der Waals surface area (Å²) in [6.45, 7) is 6.24. The van der Waals surface area contributed by atoms with Crippen molar-refractivity contribution in [1.29, 1.82) is 0 Å². The Bertz CT molecular complexity index is 2330. The first-order valence-corrected chi connectivity index (χ1v) is 15.6. The van der Waals surface area contributed by atoms with Gasteiger partial charge in [0.1, 0.15) is 11.1 Å². The minimum Gasteiger partial charge on any atom is -0.451 e. The number of aromatic nitrogens is 1. The molecule has 0 bridgehead atoms. The molecule has 8 rings (SSSR count). The molecule has 4 aromatic carbocycles. The van der Waals surface area contributed by atoms with Crippen molar-refractivity contribution in [3.05, 3.63) is 91.0 Å². The number of likely N-dealkylation sites (N-methyl/N-ethyl adjacent to an activating group) is 1. The Kier molecular flexibility index (Phi) is 6.58. The standard InChI is InChI=1S/C35H33N5O5/c1-37-14-16-39(17-15-37)35(44)26-20-40-28-18-24-25(32(42)22-7-3-2-6-21(22)31(24)41)19-29(28)45-34-27(9-8-23(30(34)40)33(26)43)36-10-13-38-11-4-5-12-38/h2-3,6-9,18-20,36H,4-5,10-17H2,1H3. The molecule has 228 valence electrons. The number of likely N-dealkylation sites (tertiary alicyclic amines) is 1. The number of hydrogen-bond donors (Lipinski definition) is 1. The summed E-state index contributed by atoms with van der Waals surface area (Å²) in [5.41, 5.74) is 1.75. The lowest BCUT2D eigenvalue weighted by Gasteiger charge is -2.32. The molecule has 0 spiro atoms. The Morgan fingerprint density at radius 2 is 1.49 bits per heavy atom. The largest absolute Gasteiger partial charge is 0.451 e. The molecule has 0 saturated carbocycles. The number of nitrogens with one attached hydrogen (secondary N) is 1. The number of carbonyl (C=O) groups excluding carboxylic acids is 1. The van der Waals surface area contributed by atoms with Gasteiger partial charge in [-0.25, -0.2) is 0 Å². The molecule has 10 heteroatoms. The van der Waals surface area contributed by atoms with Crippen molar-refractivity contribution in [2.75, 3.05) is 64.7 Å². The van der Waals surface area contributed by atoms with Crippen molar-refractivity contribution in [3.63, 3.8) is 0 Å². The monoisotopic (exact) mass is 603 g/mol. The van der Waals surface area contributed by atoms with Crippen LogP contribution in [-0.2, 0) is 0 Å². The molecule has 4 heterocycles. The molecule has 2 aliphatic heterocycles. The van der Waals surface area contributed by atoms with E-state index in [1.807, 2.05) is 13.1 Å². The van der Waals surface area contributed by atoms with Crippen molar-refractivity contribution in [2.45, 2.75) is 12.8 Å². The molecule has 6 aromatic rings. The van der Waals surface area contributed by atoms with Crippen molar-refractivity contribution >= 4 is 60.7 Å². The highest BCUT2D eigenvalue weighted by molar-refractivity contribution is 6.08. The summed E-state index contributed by atoms with van der Waals surface area (Å²) in [6, 6.07) is 13.7. The molecule has 2 aliphatic rings. The quantitative estimate of drug-likeness (QED) is 0.236. The molecule has 10 nitrogen and oxygen atoms in total. The fraction of sp³-hybridized carbons (Fsp3) is 0.314. The van der Waals surface area contributed by atoms with Crippen LogP contribution in [0.5, 0.6) is 0 Å². The van der Waals surface area contributed by atoms with E-state index in [-0.39, 0.29) is 38.5 Å². The van der Waals surface area contributed by atoms with E-state index in [2.05, 4.69) is 15.1 Å². The van der Waals surface area contributed by atoms with E-state index >= 15 is 0 Å². The van der Waals surface area contributed by atoms with Crippen molar-refractivity contribution in [3.8, 4) is 0 Å². The number of amides is 1. The lowest BCUT2D eigenvalue weighted by molar-refractivity contribution is 0.0662. The minimum atomic E-state index is -0.361. The third-order valence-corrected chi connectivity index (χ3v) is 9.56. The van der Waals surface area contributed by atoms with Crippen LogP contribution in [0, 0.1) is 0 Å². The van der Waals surface area contributed by atoms with Crippen LogP contribution in [-0.4, -0.2) is 84.4 Å². The van der Waals surface area contributed by atoms with Gasteiger partial charge in [0.15, 0.2) is 22.0 Å². The first-order valence-electron chi connectivity index (χ1n) is 15.6. The number of hydrogen-bond acceptors (Lipinski definition) is 8. The summed E-state index contributed by atoms with van der Waals surface area (Å²) in [4.78, 5) is 61.2. The SMILES string of the molecule is CN1CCN(C(=O)c2cn3c4cc5c(=O)c6ccccc6c(=O)c5cc4oc4c(NCCN5CCCC5)ccc(c2=O)c43)CC1. The topological polar surface area (TPSA) is 108 Å². The molecule has 0 unspecified atom stereocenters. The second-order valence-corrected chi connectivity index (χ2v) is 12.3. The van der Waals surface area contributed by atoms with E-state index < -0.39 is 0 Å². The summed E-state index contributed by atoms with van der Waals surface area (Å²) >= 11 is 0. The second-order valence-electron chi connectivity index (χ2n) is 12.3. The highest BCUT2D eigenvalue weighted by Crippen LogP contribution is 2.33. The van der Waals surface area contributed by atoms with Gasteiger partial charge in [-0.3, -0.25) is 19.2 Å². The highest BCUT2D eigenvalue weighted by atomic mass is 16.3. The molecule has 1 amide bonds. The van der Waals surface area contributed by atoms with Crippen LogP contribution in [0.25, 0.3) is 49.1 Å². The van der Waals surface area contributed by atoms with Gasteiger partial charge < -0.3 is 28.8 Å².